The van der Waals surface area contributed by atoms with Crippen LogP contribution in [0.4, 0.5) is 0 Å². The molecule has 1 fully saturated rings. The lowest BCUT2D eigenvalue weighted by molar-refractivity contribution is -0.130. The van der Waals surface area contributed by atoms with Gasteiger partial charge in [-0.05, 0) is 23.8 Å². The van der Waals surface area contributed by atoms with E-state index in [9.17, 15) is 4.79 Å². The van der Waals surface area contributed by atoms with Gasteiger partial charge in [-0.1, -0.05) is 12.1 Å². The zero-order valence-corrected chi connectivity index (χ0v) is 11.3. The molecule has 104 valence electrons. The summed E-state index contributed by atoms with van der Waals surface area (Å²) in [7, 11) is 1.59. The summed E-state index contributed by atoms with van der Waals surface area (Å²) in [6.45, 7) is 2.10. The average molecular weight is 272 g/mol. The predicted octanol–water partition coefficient (Wildman–Crippen LogP) is 1.46. The molecule has 1 aromatic carbocycles. The minimum atomic E-state index is -0.244. The van der Waals surface area contributed by atoms with Crippen molar-refractivity contribution in [3.05, 3.63) is 35.4 Å². The maximum Gasteiger partial charge on any atom is 0.264 e. The Morgan fingerprint density at radius 3 is 2.55 bits per heavy atom. The van der Waals surface area contributed by atoms with Crippen molar-refractivity contribution in [1.82, 2.24) is 4.90 Å². The Hall–Kier alpha value is -2.32. The summed E-state index contributed by atoms with van der Waals surface area (Å²) in [5, 5.41) is 9.17. The summed E-state index contributed by atoms with van der Waals surface area (Å²) in [5.41, 5.74) is 0.932. The topological polar surface area (TPSA) is 62.6 Å². The Kier molecular flexibility index (Phi) is 4.75. The number of carbonyl (C=O) groups excluding carboxylic acids is 1. The molecule has 1 aromatic rings. The second-order valence-electron chi connectivity index (χ2n) is 4.35. The van der Waals surface area contributed by atoms with Crippen molar-refractivity contribution in [2.75, 3.05) is 33.4 Å². The molecule has 0 radical (unpaired) electrons. The third-order valence-electron chi connectivity index (χ3n) is 3.08. The Labute approximate surface area is 118 Å². The van der Waals surface area contributed by atoms with Crippen LogP contribution in [0, 0.1) is 11.3 Å². The minimum absolute atomic E-state index is 0.136. The quantitative estimate of drug-likeness (QED) is 0.617. The van der Waals surface area contributed by atoms with Gasteiger partial charge in [0.25, 0.3) is 5.91 Å². The van der Waals surface area contributed by atoms with Crippen molar-refractivity contribution in [2.45, 2.75) is 0 Å². The van der Waals surface area contributed by atoms with Gasteiger partial charge in [-0.2, -0.15) is 5.26 Å². The van der Waals surface area contributed by atoms with Gasteiger partial charge >= 0.3 is 0 Å². The van der Waals surface area contributed by atoms with Crippen molar-refractivity contribution in [1.29, 1.82) is 5.26 Å². The van der Waals surface area contributed by atoms with Gasteiger partial charge in [0, 0.05) is 13.1 Å². The highest BCUT2D eigenvalue weighted by Gasteiger charge is 2.20. The number of amides is 1. The van der Waals surface area contributed by atoms with Gasteiger partial charge < -0.3 is 14.4 Å². The molecule has 1 saturated heterocycles. The van der Waals surface area contributed by atoms with Crippen LogP contribution in [0.3, 0.4) is 0 Å². The van der Waals surface area contributed by atoms with Gasteiger partial charge in [0.05, 0.1) is 20.3 Å². The molecule has 0 N–H and O–H groups in total. The number of hydrogen-bond acceptors (Lipinski definition) is 4. The lowest BCUT2D eigenvalue weighted by Crippen LogP contribution is -2.41. The molecule has 1 aliphatic heterocycles. The Morgan fingerprint density at radius 1 is 1.35 bits per heavy atom. The molecule has 0 spiro atoms. The number of methoxy groups -OCH3 is 1. The average Bonchev–Trinajstić information content (AvgIpc) is 2.53. The van der Waals surface area contributed by atoms with Crippen molar-refractivity contribution < 1.29 is 14.3 Å². The first-order chi connectivity index (χ1) is 9.74. The van der Waals surface area contributed by atoms with Crippen LogP contribution in [0.15, 0.2) is 29.8 Å². The van der Waals surface area contributed by atoms with E-state index in [0.29, 0.717) is 26.3 Å². The van der Waals surface area contributed by atoms with Gasteiger partial charge in [-0.25, -0.2) is 0 Å². The molecule has 1 aliphatic rings. The number of benzene rings is 1. The highest BCUT2D eigenvalue weighted by molar-refractivity contribution is 6.01. The molecule has 0 unspecified atom stereocenters. The number of nitrogens with zero attached hydrogens (tertiary/aromatic N) is 2. The van der Waals surface area contributed by atoms with Gasteiger partial charge in [0.1, 0.15) is 17.4 Å². The molecule has 0 bridgehead atoms. The van der Waals surface area contributed by atoms with E-state index in [1.54, 1.807) is 30.2 Å². The second-order valence-corrected chi connectivity index (χ2v) is 4.35. The van der Waals surface area contributed by atoms with E-state index in [-0.39, 0.29) is 11.5 Å². The monoisotopic (exact) mass is 272 g/mol. The highest BCUT2D eigenvalue weighted by Crippen LogP contribution is 2.15. The highest BCUT2D eigenvalue weighted by atomic mass is 16.5. The molecular weight excluding hydrogens is 256 g/mol. The lowest BCUT2D eigenvalue weighted by atomic mass is 10.1. The van der Waals surface area contributed by atoms with E-state index in [4.69, 9.17) is 14.7 Å². The van der Waals surface area contributed by atoms with E-state index in [1.165, 1.54) is 0 Å². The van der Waals surface area contributed by atoms with Gasteiger partial charge in [0.2, 0.25) is 0 Å². The standard InChI is InChI=1S/C15H16N2O3/c1-19-14-4-2-12(3-5-14)10-13(11-16)15(18)17-6-8-20-9-7-17/h2-5,10H,6-9H2,1H3/b13-10+. The second kappa shape index (κ2) is 6.73. The zero-order valence-electron chi connectivity index (χ0n) is 11.3. The maximum absolute atomic E-state index is 12.2. The normalized spacial score (nSPS) is 15.6. The molecule has 5 heteroatoms. The van der Waals surface area contributed by atoms with Gasteiger partial charge in [-0.3, -0.25) is 4.79 Å². The molecule has 1 heterocycles. The van der Waals surface area contributed by atoms with E-state index in [2.05, 4.69) is 0 Å². The van der Waals surface area contributed by atoms with Gasteiger partial charge in [0.15, 0.2) is 0 Å². The fraction of sp³-hybridized carbons (Fsp3) is 0.333. The smallest absolute Gasteiger partial charge is 0.264 e. The maximum atomic E-state index is 12.2. The van der Waals surface area contributed by atoms with Crippen LogP contribution in [0.25, 0.3) is 6.08 Å². The summed E-state index contributed by atoms with van der Waals surface area (Å²) in [6, 6.07) is 9.17. The van der Waals surface area contributed by atoms with Gasteiger partial charge in [-0.15, -0.1) is 0 Å². The van der Waals surface area contributed by atoms with Crippen LogP contribution in [0.2, 0.25) is 0 Å². The third-order valence-corrected chi connectivity index (χ3v) is 3.08. The summed E-state index contributed by atoms with van der Waals surface area (Å²) in [5.74, 6) is 0.492. The first kappa shape index (κ1) is 14.1. The third kappa shape index (κ3) is 3.37. The molecule has 2 rings (SSSR count). The van der Waals surface area contributed by atoms with Crippen molar-refractivity contribution >= 4 is 12.0 Å². The van der Waals surface area contributed by atoms with Crippen LogP contribution in [-0.4, -0.2) is 44.2 Å². The minimum Gasteiger partial charge on any atom is -0.497 e. The van der Waals surface area contributed by atoms with E-state index < -0.39 is 0 Å². The first-order valence-electron chi connectivity index (χ1n) is 6.37. The summed E-state index contributed by atoms with van der Waals surface area (Å²) < 4.78 is 10.3. The lowest BCUT2D eigenvalue weighted by Gasteiger charge is -2.26. The zero-order chi connectivity index (χ0) is 14.4. The van der Waals surface area contributed by atoms with Crippen LogP contribution >= 0.6 is 0 Å². The van der Waals surface area contributed by atoms with Crippen LogP contribution < -0.4 is 4.74 Å². The molecule has 1 amide bonds. The van der Waals surface area contributed by atoms with Crippen LogP contribution in [0.1, 0.15) is 5.56 Å². The van der Waals surface area contributed by atoms with Crippen LogP contribution in [-0.2, 0) is 9.53 Å². The SMILES string of the molecule is COc1ccc(/C=C(\C#N)C(=O)N2CCOCC2)cc1. The first-order valence-corrected chi connectivity index (χ1v) is 6.37. The Bertz CT molecular complexity index is 537. The number of hydrogen-bond donors (Lipinski definition) is 0. The summed E-state index contributed by atoms with van der Waals surface area (Å²) in [4.78, 5) is 13.9. The van der Waals surface area contributed by atoms with Crippen molar-refractivity contribution in [3.63, 3.8) is 0 Å². The number of carbonyl (C=O) groups is 1. The fourth-order valence-electron chi connectivity index (χ4n) is 1.95. The number of morpholine rings is 1. The fourth-order valence-corrected chi connectivity index (χ4v) is 1.95. The number of ether oxygens (including phenoxy) is 2. The molecule has 0 saturated carbocycles. The van der Waals surface area contributed by atoms with E-state index in [1.807, 2.05) is 18.2 Å². The van der Waals surface area contributed by atoms with Crippen molar-refractivity contribution in [3.8, 4) is 11.8 Å². The number of nitriles is 1. The van der Waals surface area contributed by atoms with Crippen LogP contribution in [0.5, 0.6) is 5.75 Å². The Morgan fingerprint density at radius 2 is 2.00 bits per heavy atom. The van der Waals surface area contributed by atoms with Crippen molar-refractivity contribution in [2.24, 2.45) is 0 Å². The molecule has 5 nitrogen and oxygen atoms in total. The largest absolute Gasteiger partial charge is 0.497 e. The van der Waals surface area contributed by atoms with E-state index >= 15 is 0 Å². The van der Waals surface area contributed by atoms with E-state index in [0.717, 1.165) is 11.3 Å². The predicted molar refractivity (Wildman–Crippen MR) is 74.0 cm³/mol. The molecule has 0 aliphatic carbocycles. The molecule has 20 heavy (non-hydrogen) atoms. The Balaban J connectivity index is 2.15. The molecule has 0 atom stereocenters. The summed E-state index contributed by atoms with van der Waals surface area (Å²) in [6.07, 6.45) is 1.59. The molecule has 0 aromatic heterocycles. The summed E-state index contributed by atoms with van der Waals surface area (Å²) >= 11 is 0. The molecular formula is C15H16N2O3. The number of rotatable bonds is 3.